The van der Waals surface area contributed by atoms with Gasteiger partial charge in [0.2, 0.25) is 0 Å². The summed E-state index contributed by atoms with van der Waals surface area (Å²) in [7, 11) is 1.37. The minimum atomic E-state index is -0.362. The van der Waals surface area contributed by atoms with Crippen molar-refractivity contribution in [3.05, 3.63) is 101 Å². The number of rotatable bonds is 7. The molecule has 0 bridgehead atoms. The van der Waals surface area contributed by atoms with E-state index in [1.165, 1.54) is 7.11 Å². The van der Waals surface area contributed by atoms with E-state index >= 15 is 0 Å². The van der Waals surface area contributed by atoms with Crippen LogP contribution in [-0.4, -0.2) is 28.5 Å². The standard InChI is InChI=1S/C27H27N3O3/c1-18(2)24(29-26(31)20-9-5-4-6-10-20)25-28-22-11-7-8-12-23(22)30(25)17-19-13-15-21(16-14-19)27(32)33-3/h4-16,18,24H,17H2,1-3H3,(H,29,31)/t24-/m1/s1. The molecule has 4 rings (SSSR count). The number of aromatic nitrogens is 2. The predicted molar refractivity (Wildman–Crippen MR) is 128 cm³/mol. The maximum absolute atomic E-state index is 13.0. The van der Waals surface area contributed by atoms with Crippen LogP contribution in [0.3, 0.4) is 0 Å². The monoisotopic (exact) mass is 441 g/mol. The second-order valence-electron chi connectivity index (χ2n) is 8.29. The van der Waals surface area contributed by atoms with E-state index in [9.17, 15) is 9.59 Å². The van der Waals surface area contributed by atoms with Crippen molar-refractivity contribution in [3.63, 3.8) is 0 Å². The topological polar surface area (TPSA) is 73.2 Å². The van der Waals surface area contributed by atoms with Crippen molar-refractivity contribution in [2.75, 3.05) is 7.11 Å². The maximum atomic E-state index is 13.0. The molecule has 0 unspecified atom stereocenters. The van der Waals surface area contributed by atoms with Crippen molar-refractivity contribution in [2.24, 2.45) is 5.92 Å². The third kappa shape index (κ3) is 4.80. The summed E-state index contributed by atoms with van der Waals surface area (Å²) in [4.78, 5) is 29.6. The first-order chi connectivity index (χ1) is 16.0. The number of fused-ring (bicyclic) bond motifs is 1. The van der Waals surface area contributed by atoms with Gasteiger partial charge in [0.05, 0.1) is 29.7 Å². The highest BCUT2D eigenvalue weighted by atomic mass is 16.5. The molecule has 0 saturated heterocycles. The van der Waals surface area contributed by atoms with Gasteiger partial charge in [-0.05, 0) is 47.9 Å². The number of esters is 1. The Morgan fingerprint density at radius 1 is 0.909 bits per heavy atom. The van der Waals surface area contributed by atoms with Crippen LogP contribution in [0, 0.1) is 5.92 Å². The molecular formula is C27H27N3O3. The van der Waals surface area contributed by atoms with Crippen LogP contribution in [0.25, 0.3) is 11.0 Å². The summed E-state index contributed by atoms with van der Waals surface area (Å²) in [6, 6.07) is 24.2. The quantitative estimate of drug-likeness (QED) is 0.410. The van der Waals surface area contributed by atoms with Gasteiger partial charge in [-0.25, -0.2) is 9.78 Å². The molecule has 1 N–H and O–H groups in total. The second-order valence-corrected chi connectivity index (χ2v) is 8.29. The number of carbonyl (C=O) groups is 2. The van der Waals surface area contributed by atoms with Gasteiger partial charge in [-0.1, -0.05) is 56.3 Å². The number of para-hydroxylation sites is 2. The fraction of sp³-hybridized carbons (Fsp3) is 0.222. The molecule has 0 aliphatic heterocycles. The summed E-state index contributed by atoms with van der Waals surface area (Å²) < 4.78 is 6.93. The number of imidazole rings is 1. The van der Waals surface area contributed by atoms with Crippen LogP contribution < -0.4 is 5.32 Å². The molecule has 0 aliphatic rings. The number of benzene rings is 3. The Kier molecular flexibility index (Phi) is 6.54. The SMILES string of the molecule is COC(=O)c1ccc(Cn2c([C@H](NC(=O)c3ccccc3)C(C)C)nc3ccccc32)cc1. The summed E-state index contributed by atoms with van der Waals surface area (Å²) in [6.45, 7) is 4.71. The smallest absolute Gasteiger partial charge is 0.337 e. The molecule has 1 amide bonds. The van der Waals surface area contributed by atoms with Gasteiger partial charge in [0.25, 0.3) is 5.91 Å². The van der Waals surface area contributed by atoms with Crippen molar-refractivity contribution in [1.29, 1.82) is 0 Å². The largest absolute Gasteiger partial charge is 0.465 e. The number of hydrogen-bond donors (Lipinski definition) is 1. The fourth-order valence-corrected chi connectivity index (χ4v) is 3.89. The third-order valence-corrected chi connectivity index (χ3v) is 5.67. The molecule has 0 aliphatic carbocycles. The van der Waals surface area contributed by atoms with Gasteiger partial charge in [-0.15, -0.1) is 0 Å². The fourth-order valence-electron chi connectivity index (χ4n) is 3.89. The van der Waals surface area contributed by atoms with Crippen molar-refractivity contribution in [1.82, 2.24) is 14.9 Å². The van der Waals surface area contributed by atoms with Gasteiger partial charge in [0.1, 0.15) is 5.82 Å². The molecule has 4 aromatic rings. The van der Waals surface area contributed by atoms with Gasteiger partial charge in [-0.2, -0.15) is 0 Å². The number of hydrogen-bond acceptors (Lipinski definition) is 4. The van der Waals surface area contributed by atoms with E-state index in [0.717, 1.165) is 22.4 Å². The highest BCUT2D eigenvalue weighted by Gasteiger charge is 2.25. The van der Waals surface area contributed by atoms with Gasteiger partial charge < -0.3 is 14.6 Å². The molecule has 6 heteroatoms. The van der Waals surface area contributed by atoms with Gasteiger partial charge in [0.15, 0.2) is 0 Å². The van der Waals surface area contributed by atoms with E-state index in [1.54, 1.807) is 24.3 Å². The van der Waals surface area contributed by atoms with Crippen LogP contribution in [0.1, 0.15) is 52.0 Å². The van der Waals surface area contributed by atoms with Crippen LogP contribution in [0.15, 0.2) is 78.9 Å². The lowest BCUT2D eigenvalue weighted by Gasteiger charge is -2.23. The molecule has 1 heterocycles. The molecule has 0 radical (unpaired) electrons. The number of methoxy groups -OCH3 is 1. The third-order valence-electron chi connectivity index (χ3n) is 5.67. The van der Waals surface area contributed by atoms with Crippen LogP contribution in [0.5, 0.6) is 0 Å². The molecule has 3 aromatic carbocycles. The van der Waals surface area contributed by atoms with Gasteiger partial charge in [-0.3, -0.25) is 4.79 Å². The Balaban J connectivity index is 1.71. The van der Waals surface area contributed by atoms with E-state index in [2.05, 4.69) is 23.7 Å². The molecule has 6 nitrogen and oxygen atoms in total. The molecule has 168 valence electrons. The van der Waals surface area contributed by atoms with Crippen molar-refractivity contribution in [2.45, 2.75) is 26.4 Å². The molecule has 0 saturated carbocycles. The molecule has 1 aromatic heterocycles. The second kappa shape index (κ2) is 9.69. The zero-order chi connectivity index (χ0) is 23.4. The zero-order valence-electron chi connectivity index (χ0n) is 19.0. The summed E-state index contributed by atoms with van der Waals surface area (Å²) in [5.41, 5.74) is 4.00. The van der Waals surface area contributed by atoms with Gasteiger partial charge >= 0.3 is 5.97 Å². The number of ether oxygens (including phenoxy) is 1. The zero-order valence-corrected chi connectivity index (χ0v) is 19.0. The van der Waals surface area contributed by atoms with Crippen LogP contribution >= 0.6 is 0 Å². The molecule has 0 fully saturated rings. The van der Waals surface area contributed by atoms with E-state index in [1.807, 2.05) is 54.6 Å². The maximum Gasteiger partial charge on any atom is 0.337 e. The number of nitrogens with one attached hydrogen (secondary N) is 1. The Morgan fingerprint density at radius 2 is 1.58 bits per heavy atom. The molecule has 0 spiro atoms. The molecule has 1 atom stereocenters. The van der Waals surface area contributed by atoms with Crippen molar-refractivity contribution >= 4 is 22.9 Å². The van der Waals surface area contributed by atoms with E-state index in [4.69, 9.17) is 9.72 Å². The van der Waals surface area contributed by atoms with Crippen molar-refractivity contribution < 1.29 is 14.3 Å². The Bertz CT molecular complexity index is 1260. The summed E-state index contributed by atoms with van der Waals surface area (Å²) >= 11 is 0. The summed E-state index contributed by atoms with van der Waals surface area (Å²) in [5, 5.41) is 3.18. The Labute approximate surface area is 193 Å². The number of nitrogens with zero attached hydrogens (tertiary/aromatic N) is 2. The molecular weight excluding hydrogens is 414 g/mol. The number of carbonyl (C=O) groups excluding carboxylic acids is 2. The highest BCUT2D eigenvalue weighted by Crippen LogP contribution is 2.27. The molecule has 33 heavy (non-hydrogen) atoms. The van der Waals surface area contributed by atoms with E-state index in [0.29, 0.717) is 17.7 Å². The van der Waals surface area contributed by atoms with E-state index in [-0.39, 0.29) is 23.8 Å². The highest BCUT2D eigenvalue weighted by molar-refractivity contribution is 5.94. The van der Waals surface area contributed by atoms with Crippen LogP contribution in [0.4, 0.5) is 0 Å². The lowest BCUT2D eigenvalue weighted by molar-refractivity contribution is 0.0600. The minimum Gasteiger partial charge on any atom is -0.465 e. The van der Waals surface area contributed by atoms with Crippen molar-refractivity contribution in [3.8, 4) is 0 Å². The van der Waals surface area contributed by atoms with Gasteiger partial charge in [0, 0.05) is 12.1 Å². The summed E-state index contributed by atoms with van der Waals surface area (Å²) in [5.74, 6) is 0.427. The summed E-state index contributed by atoms with van der Waals surface area (Å²) in [6.07, 6.45) is 0. The lowest BCUT2D eigenvalue weighted by Crippen LogP contribution is -2.33. The first-order valence-corrected chi connectivity index (χ1v) is 11.0. The lowest BCUT2D eigenvalue weighted by atomic mass is 10.0. The number of amides is 1. The van der Waals surface area contributed by atoms with E-state index < -0.39 is 0 Å². The predicted octanol–water partition coefficient (Wildman–Crippen LogP) is 5.00. The average molecular weight is 442 g/mol. The van der Waals surface area contributed by atoms with Crippen LogP contribution in [0.2, 0.25) is 0 Å². The Morgan fingerprint density at radius 3 is 2.24 bits per heavy atom. The van der Waals surface area contributed by atoms with Crippen LogP contribution in [-0.2, 0) is 11.3 Å². The average Bonchev–Trinajstić information content (AvgIpc) is 3.20. The first kappa shape index (κ1) is 22.3. The normalized spacial score (nSPS) is 12.0. The Hall–Kier alpha value is -3.93. The minimum absolute atomic E-state index is 0.120. The first-order valence-electron chi connectivity index (χ1n) is 11.0.